The number of aromatic nitrogens is 4. The Kier molecular flexibility index (Phi) is 4.93. The Balaban J connectivity index is 1.54. The summed E-state index contributed by atoms with van der Waals surface area (Å²) in [5.74, 6) is -0.0847. The van der Waals surface area contributed by atoms with Gasteiger partial charge in [-0.3, -0.25) is 14.9 Å². The summed E-state index contributed by atoms with van der Waals surface area (Å²) in [5.41, 5.74) is 8.54. The van der Waals surface area contributed by atoms with Gasteiger partial charge >= 0.3 is 0 Å². The lowest BCUT2D eigenvalue weighted by Gasteiger charge is -2.09. The summed E-state index contributed by atoms with van der Waals surface area (Å²) in [4.78, 5) is 39.0. The molecule has 0 bridgehead atoms. The number of hydrogen-bond acceptors (Lipinski definition) is 5. The van der Waals surface area contributed by atoms with E-state index in [9.17, 15) is 9.59 Å². The van der Waals surface area contributed by atoms with E-state index in [1.807, 2.05) is 30.3 Å². The largest absolute Gasteiger partial charge is 0.369 e. The number of H-pyrrole nitrogens is 2. The van der Waals surface area contributed by atoms with Crippen molar-refractivity contribution >= 4 is 40.4 Å². The molecule has 0 fully saturated rings. The lowest BCUT2D eigenvalue weighted by Crippen LogP contribution is -2.16. The van der Waals surface area contributed by atoms with E-state index in [1.54, 1.807) is 18.3 Å². The average molecular weight is 389 g/mol. The Morgan fingerprint density at radius 2 is 1.93 bits per heavy atom. The van der Waals surface area contributed by atoms with E-state index in [-0.39, 0.29) is 17.4 Å². The van der Waals surface area contributed by atoms with Gasteiger partial charge in [0, 0.05) is 24.5 Å². The average Bonchev–Trinajstić information content (AvgIpc) is 3.35. The Hall–Kier alpha value is -4.14. The first-order valence-electron chi connectivity index (χ1n) is 9.02. The molecular weight excluding hydrogens is 370 g/mol. The van der Waals surface area contributed by atoms with Crippen LogP contribution in [0.25, 0.3) is 11.0 Å². The summed E-state index contributed by atoms with van der Waals surface area (Å²) in [6.45, 7) is 0. The molecule has 146 valence electrons. The van der Waals surface area contributed by atoms with Gasteiger partial charge < -0.3 is 21.0 Å². The van der Waals surface area contributed by atoms with Crippen LogP contribution in [-0.2, 0) is 11.2 Å². The number of benzene rings is 2. The van der Waals surface area contributed by atoms with Crippen LogP contribution in [0.4, 0.5) is 17.6 Å². The van der Waals surface area contributed by atoms with Crippen LogP contribution in [0.15, 0.2) is 54.9 Å². The highest BCUT2D eigenvalue weighted by Crippen LogP contribution is 2.24. The van der Waals surface area contributed by atoms with E-state index in [0.29, 0.717) is 35.5 Å². The molecule has 0 spiro atoms. The van der Waals surface area contributed by atoms with Crippen LogP contribution in [0, 0.1) is 0 Å². The second kappa shape index (κ2) is 7.85. The van der Waals surface area contributed by atoms with Crippen LogP contribution in [0.1, 0.15) is 22.3 Å². The van der Waals surface area contributed by atoms with Crippen LogP contribution in [0.2, 0.25) is 0 Å². The molecule has 0 unspecified atom stereocenters. The number of nitrogens with two attached hydrogens (primary N) is 1. The monoisotopic (exact) mass is 389 g/mol. The Morgan fingerprint density at radius 3 is 2.69 bits per heavy atom. The Labute approximate surface area is 165 Å². The van der Waals surface area contributed by atoms with E-state index < -0.39 is 5.91 Å². The molecule has 0 aliphatic heterocycles. The van der Waals surface area contributed by atoms with Crippen molar-refractivity contribution in [1.29, 1.82) is 0 Å². The molecule has 2 amide bonds. The molecule has 0 radical (unpaired) electrons. The van der Waals surface area contributed by atoms with E-state index in [2.05, 4.69) is 30.6 Å². The van der Waals surface area contributed by atoms with Gasteiger partial charge in [-0.05, 0) is 24.1 Å². The molecule has 9 nitrogen and oxygen atoms in total. The van der Waals surface area contributed by atoms with Crippen molar-refractivity contribution in [3.63, 3.8) is 0 Å². The number of nitrogens with zero attached hydrogens (tertiary/aromatic N) is 2. The molecule has 4 rings (SSSR count). The molecule has 0 aliphatic carbocycles. The van der Waals surface area contributed by atoms with Crippen molar-refractivity contribution in [2.24, 2.45) is 0 Å². The molecule has 4 aromatic rings. The fourth-order valence-corrected chi connectivity index (χ4v) is 3.02. The summed E-state index contributed by atoms with van der Waals surface area (Å²) >= 11 is 0. The minimum atomic E-state index is -0.420. The number of carbonyl (C=O) groups is 2. The van der Waals surface area contributed by atoms with E-state index in [4.69, 9.17) is 5.73 Å². The molecule has 0 saturated carbocycles. The van der Waals surface area contributed by atoms with Crippen LogP contribution < -0.4 is 16.4 Å². The van der Waals surface area contributed by atoms with Gasteiger partial charge in [0.1, 0.15) is 5.52 Å². The fraction of sp³-hybridized carbons (Fsp3) is 0.100. The van der Waals surface area contributed by atoms with Gasteiger partial charge in [0.25, 0.3) is 5.91 Å². The number of imidazole rings is 2. The van der Waals surface area contributed by atoms with Crippen LogP contribution in [0.5, 0.6) is 0 Å². The van der Waals surface area contributed by atoms with Crippen molar-refractivity contribution < 1.29 is 9.59 Å². The van der Waals surface area contributed by atoms with Gasteiger partial charge in [-0.2, -0.15) is 0 Å². The molecule has 29 heavy (non-hydrogen) atoms. The normalized spacial score (nSPS) is 10.8. The summed E-state index contributed by atoms with van der Waals surface area (Å²) in [7, 11) is 0. The van der Waals surface area contributed by atoms with E-state index in [1.165, 1.54) is 6.20 Å². The number of carbonyl (C=O) groups excluding carboxylic acids is 2. The maximum atomic E-state index is 12.7. The third-order valence-corrected chi connectivity index (χ3v) is 4.35. The molecule has 0 atom stereocenters. The number of amides is 2. The number of nitrogen functional groups attached to an aromatic ring is 1. The van der Waals surface area contributed by atoms with Crippen molar-refractivity contribution in [3.8, 4) is 0 Å². The van der Waals surface area contributed by atoms with Gasteiger partial charge in [0.15, 0.2) is 5.95 Å². The lowest BCUT2D eigenvalue weighted by atomic mass is 10.1. The molecule has 0 saturated heterocycles. The predicted molar refractivity (Wildman–Crippen MR) is 110 cm³/mol. The summed E-state index contributed by atoms with van der Waals surface area (Å²) in [6.07, 6.45) is 4.07. The second-order valence-corrected chi connectivity index (χ2v) is 6.47. The van der Waals surface area contributed by atoms with Gasteiger partial charge in [-0.25, -0.2) is 9.97 Å². The highest BCUT2D eigenvalue weighted by molar-refractivity contribution is 6.12. The zero-order valence-corrected chi connectivity index (χ0v) is 15.4. The number of nitrogens with one attached hydrogen (secondary N) is 4. The van der Waals surface area contributed by atoms with E-state index in [0.717, 1.165) is 5.56 Å². The van der Waals surface area contributed by atoms with Gasteiger partial charge in [0.2, 0.25) is 11.9 Å². The zero-order chi connectivity index (χ0) is 20.2. The molecule has 2 heterocycles. The smallest absolute Gasteiger partial charge is 0.260 e. The third-order valence-electron chi connectivity index (χ3n) is 4.35. The number of hydrogen-bond donors (Lipinski definition) is 5. The van der Waals surface area contributed by atoms with Gasteiger partial charge in [0.05, 0.1) is 11.1 Å². The van der Waals surface area contributed by atoms with Crippen molar-refractivity contribution in [2.45, 2.75) is 12.8 Å². The number of aromatic amines is 2. The molecular formula is C20H19N7O2. The minimum Gasteiger partial charge on any atom is -0.369 e. The summed E-state index contributed by atoms with van der Waals surface area (Å²) in [5, 5.41) is 5.49. The number of aryl methyl sites for hydroxylation is 1. The summed E-state index contributed by atoms with van der Waals surface area (Å²) in [6, 6.07) is 13.0. The van der Waals surface area contributed by atoms with Gasteiger partial charge in [-0.15, -0.1) is 0 Å². The highest BCUT2D eigenvalue weighted by Gasteiger charge is 2.17. The lowest BCUT2D eigenvalue weighted by molar-refractivity contribution is -0.116. The third kappa shape index (κ3) is 4.24. The highest BCUT2D eigenvalue weighted by atomic mass is 16.2. The first-order chi connectivity index (χ1) is 14.1. The maximum absolute atomic E-state index is 12.7. The Morgan fingerprint density at radius 1 is 1.10 bits per heavy atom. The van der Waals surface area contributed by atoms with Crippen molar-refractivity contribution in [1.82, 2.24) is 19.9 Å². The maximum Gasteiger partial charge on any atom is 0.260 e. The Bertz CT molecular complexity index is 1150. The number of anilines is 3. The standard InChI is InChI=1S/C20H19N7O2/c21-19-25-15-11-13(24-16(28)7-6-12-4-2-1-3-5-12)10-14(17(15)26-19)18(29)27-20-22-8-9-23-20/h1-5,8-11H,6-7H2,(H,24,28)(H3,21,25,26)(H2,22,23,27,29). The SMILES string of the molecule is Nc1nc2c(C(=O)Nc3ncc[nH]3)cc(NC(=O)CCc3ccccc3)cc2[nH]1. The molecule has 0 aliphatic rings. The van der Waals surface area contributed by atoms with Crippen LogP contribution in [-0.4, -0.2) is 31.8 Å². The van der Waals surface area contributed by atoms with Gasteiger partial charge in [-0.1, -0.05) is 30.3 Å². The number of fused-ring (bicyclic) bond motifs is 1. The van der Waals surface area contributed by atoms with Crippen molar-refractivity contribution in [3.05, 3.63) is 66.0 Å². The molecule has 2 aromatic heterocycles. The quantitative estimate of drug-likeness (QED) is 0.345. The summed E-state index contributed by atoms with van der Waals surface area (Å²) < 4.78 is 0. The molecule has 6 N–H and O–H groups in total. The van der Waals surface area contributed by atoms with Crippen molar-refractivity contribution in [2.75, 3.05) is 16.4 Å². The number of rotatable bonds is 6. The zero-order valence-electron chi connectivity index (χ0n) is 15.4. The predicted octanol–water partition coefficient (Wildman–Crippen LogP) is 2.69. The fourth-order valence-electron chi connectivity index (χ4n) is 3.02. The second-order valence-electron chi connectivity index (χ2n) is 6.47. The molecule has 2 aromatic carbocycles. The minimum absolute atomic E-state index is 0.155. The van der Waals surface area contributed by atoms with Crippen LogP contribution in [0.3, 0.4) is 0 Å². The van der Waals surface area contributed by atoms with Crippen LogP contribution >= 0.6 is 0 Å². The topological polar surface area (TPSA) is 142 Å². The van der Waals surface area contributed by atoms with E-state index >= 15 is 0 Å². The molecule has 9 heteroatoms. The first kappa shape index (κ1) is 18.2. The first-order valence-corrected chi connectivity index (χ1v) is 9.02.